The topological polar surface area (TPSA) is 79.5 Å². The second-order valence-electron chi connectivity index (χ2n) is 7.27. The number of fused-ring (bicyclic) bond motifs is 1. The zero-order valence-corrected chi connectivity index (χ0v) is 15.6. The van der Waals surface area contributed by atoms with Gasteiger partial charge in [0.05, 0.1) is 21.1 Å². The van der Waals surface area contributed by atoms with Crippen LogP contribution in [0.2, 0.25) is 0 Å². The summed E-state index contributed by atoms with van der Waals surface area (Å²) in [4.78, 5) is 32.8. The minimum Gasteiger partial charge on any atom is -0.351 e. The van der Waals surface area contributed by atoms with E-state index in [-0.39, 0.29) is 11.8 Å². The summed E-state index contributed by atoms with van der Waals surface area (Å²) in [5, 5.41) is 1.13. The molecule has 6 nitrogen and oxygen atoms in total. The van der Waals surface area contributed by atoms with E-state index in [9.17, 15) is 9.59 Å². The third kappa shape index (κ3) is 3.40. The molecule has 0 bridgehead atoms. The molecule has 4 rings (SSSR count). The molecule has 2 fully saturated rings. The predicted molar refractivity (Wildman–Crippen MR) is 102 cm³/mol. The van der Waals surface area contributed by atoms with E-state index < -0.39 is 6.03 Å². The summed E-state index contributed by atoms with van der Waals surface area (Å²) in [6, 6.07) is 7.77. The van der Waals surface area contributed by atoms with E-state index in [2.05, 4.69) is 6.07 Å². The number of benzene rings is 1. The van der Waals surface area contributed by atoms with Gasteiger partial charge in [-0.1, -0.05) is 12.1 Å². The number of piperidine rings is 2. The van der Waals surface area contributed by atoms with Crippen molar-refractivity contribution in [2.24, 2.45) is 11.7 Å². The van der Waals surface area contributed by atoms with Crippen LogP contribution in [-0.4, -0.2) is 52.9 Å². The molecular formula is C19H24N4O2S. The van der Waals surface area contributed by atoms with Gasteiger partial charge in [0.25, 0.3) is 0 Å². The van der Waals surface area contributed by atoms with Crippen molar-refractivity contribution < 1.29 is 9.59 Å². The van der Waals surface area contributed by atoms with E-state index in [1.807, 2.05) is 23.1 Å². The van der Waals surface area contributed by atoms with Crippen LogP contribution in [0.4, 0.5) is 4.79 Å². The summed E-state index contributed by atoms with van der Waals surface area (Å²) in [7, 11) is 0. The SMILES string of the molecule is NC(=O)N1CCC[C@@H](C(=O)N2CCC[C@@H](c3nc4ccccc4s3)C2)C1. The number of carbonyl (C=O) groups is 2. The van der Waals surface area contributed by atoms with Gasteiger partial charge in [0.15, 0.2) is 0 Å². The number of rotatable bonds is 2. The van der Waals surface area contributed by atoms with Crippen LogP contribution < -0.4 is 5.73 Å². The molecule has 0 saturated carbocycles. The van der Waals surface area contributed by atoms with Crippen LogP contribution in [0.5, 0.6) is 0 Å². The molecule has 1 aromatic carbocycles. The van der Waals surface area contributed by atoms with Gasteiger partial charge in [-0.3, -0.25) is 4.79 Å². The fourth-order valence-electron chi connectivity index (χ4n) is 4.08. The molecule has 2 atom stereocenters. The molecular weight excluding hydrogens is 348 g/mol. The average molecular weight is 372 g/mol. The van der Waals surface area contributed by atoms with E-state index >= 15 is 0 Å². The van der Waals surface area contributed by atoms with Crippen molar-refractivity contribution in [1.29, 1.82) is 0 Å². The largest absolute Gasteiger partial charge is 0.351 e. The predicted octanol–water partition coefficient (Wildman–Crippen LogP) is 2.79. The normalized spacial score (nSPS) is 24.0. The number of aromatic nitrogens is 1. The van der Waals surface area contributed by atoms with Crippen LogP contribution in [0.25, 0.3) is 10.2 Å². The molecule has 3 amide bonds. The van der Waals surface area contributed by atoms with Crippen LogP contribution in [-0.2, 0) is 4.79 Å². The van der Waals surface area contributed by atoms with E-state index in [4.69, 9.17) is 10.7 Å². The van der Waals surface area contributed by atoms with Gasteiger partial charge in [-0.15, -0.1) is 11.3 Å². The van der Waals surface area contributed by atoms with Crippen molar-refractivity contribution in [3.8, 4) is 0 Å². The Balaban J connectivity index is 1.46. The van der Waals surface area contributed by atoms with E-state index in [1.54, 1.807) is 16.2 Å². The van der Waals surface area contributed by atoms with Crippen molar-refractivity contribution in [1.82, 2.24) is 14.8 Å². The van der Waals surface area contributed by atoms with Gasteiger partial charge >= 0.3 is 6.03 Å². The summed E-state index contributed by atoms with van der Waals surface area (Å²) in [5.74, 6) is 0.355. The lowest BCUT2D eigenvalue weighted by Gasteiger charge is -2.37. The maximum absolute atomic E-state index is 13.0. The number of primary amides is 1. The molecule has 26 heavy (non-hydrogen) atoms. The first-order valence-corrected chi connectivity index (χ1v) is 10.1. The first kappa shape index (κ1) is 17.3. The zero-order valence-electron chi connectivity index (χ0n) is 14.8. The smallest absolute Gasteiger partial charge is 0.314 e. The lowest BCUT2D eigenvalue weighted by Crippen LogP contribution is -2.50. The molecule has 0 spiro atoms. The number of amides is 3. The van der Waals surface area contributed by atoms with Gasteiger partial charge in [-0.2, -0.15) is 0 Å². The zero-order chi connectivity index (χ0) is 18.1. The fraction of sp³-hybridized carbons (Fsp3) is 0.526. The maximum atomic E-state index is 13.0. The molecule has 3 heterocycles. The Hall–Kier alpha value is -2.15. The number of para-hydroxylation sites is 1. The van der Waals surface area contributed by atoms with Gasteiger partial charge in [-0.25, -0.2) is 9.78 Å². The van der Waals surface area contributed by atoms with Crippen molar-refractivity contribution in [3.05, 3.63) is 29.3 Å². The number of hydrogen-bond donors (Lipinski definition) is 1. The maximum Gasteiger partial charge on any atom is 0.314 e. The molecule has 2 saturated heterocycles. The van der Waals surface area contributed by atoms with Crippen molar-refractivity contribution >= 4 is 33.5 Å². The minimum absolute atomic E-state index is 0.120. The van der Waals surface area contributed by atoms with E-state index in [0.717, 1.165) is 49.3 Å². The molecule has 7 heteroatoms. The highest BCUT2D eigenvalue weighted by atomic mass is 32.1. The van der Waals surface area contributed by atoms with Crippen LogP contribution in [0.1, 0.15) is 36.6 Å². The first-order valence-electron chi connectivity index (χ1n) is 9.30. The summed E-state index contributed by atoms with van der Waals surface area (Å²) in [6.45, 7) is 2.64. The summed E-state index contributed by atoms with van der Waals surface area (Å²) < 4.78 is 1.20. The fourth-order valence-corrected chi connectivity index (χ4v) is 5.17. The quantitative estimate of drug-likeness (QED) is 0.880. The Morgan fingerprint density at radius 3 is 2.65 bits per heavy atom. The number of urea groups is 1. The van der Waals surface area contributed by atoms with Gasteiger partial charge in [0.1, 0.15) is 0 Å². The summed E-state index contributed by atoms with van der Waals surface area (Å²) >= 11 is 1.74. The molecule has 2 N–H and O–H groups in total. The minimum atomic E-state index is -0.423. The van der Waals surface area contributed by atoms with Gasteiger partial charge in [-0.05, 0) is 37.8 Å². The highest BCUT2D eigenvalue weighted by Gasteiger charge is 2.33. The lowest BCUT2D eigenvalue weighted by atomic mass is 9.93. The van der Waals surface area contributed by atoms with Crippen molar-refractivity contribution in [2.75, 3.05) is 26.2 Å². The third-order valence-electron chi connectivity index (χ3n) is 5.48. The molecule has 2 aromatic rings. The van der Waals surface area contributed by atoms with E-state index in [0.29, 0.717) is 19.0 Å². The van der Waals surface area contributed by atoms with Crippen LogP contribution >= 0.6 is 11.3 Å². The monoisotopic (exact) mass is 372 g/mol. The molecule has 0 unspecified atom stereocenters. The molecule has 2 aliphatic rings. The Kier molecular flexibility index (Phi) is 4.80. The molecule has 2 aliphatic heterocycles. The van der Waals surface area contributed by atoms with E-state index in [1.165, 1.54) is 4.70 Å². The van der Waals surface area contributed by atoms with Gasteiger partial charge in [0, 0.05) is 32.1 Å². The molecule has 0 radical (unpaired) electrons. The Morgan fingerprint density at radius 2 is 1.85 bits per heavy atom. The number of hydrogen-bond acceptors (Lipinski definition) is 4. The average Bonchev–Trinajstić information content (AvgIpc) is 3.12. The molecule has 0 aliphatic carbocycles. The van der Waals surface area contributed by atoms with Crippen LogP contribution in [0, 0.1) is 5.92 Å². The highest BCUT2D eigenvalue weighted by molar-refractivity contribution is 7.18. The number of nitrogens with zero attached hydrogens (tertiary/aromatic N) is 3. The second kappa shape index (κ2) is 7.23. The second-order valence-corrected chi connectivity index (χ2v) is 8.33. The first-order chi connectivity index (χ1) is 12.6. The van der Waals surface area contributed by atoms with Crippen molar-refractivity contribution in [2.45, 2.75) is 31.6 Å². The van der Waals surface area contributed by atoms with Crippen LogP contribution in [0.15, 0.2) is 24.3 Å². The number of likely N-dealkylation sites (tertiary alicyclic amines) is 2. The Morgan fingerprint density at radius 1 is 1.08 bits per heavy atom. The summed E-state index contributed by atoms with van der Waals surface area (Å²) in [6.07, 6.45) is 3.75. The molecule has 1 aromatic heterocycles. The third-order valence-corrected chi connectivity index (χ3v) is 6.67. The number of nitrogens with two attached hydrogens (primary N) is 1. The Bertz CT molecular complexity index is 788. The van der Waals surface area contributed by atoms with Crippen molar-refractivity contribution in [3.63, 3.8) is 0 Å². The van der Waals surface area contributed by atoms with Gasteiger partial charge < -0.3 is 15.5 Å². The van der Waals surface area contributed by atoms with Crippen LogP contribution in [0.3, 0.4) is 0 Å². The lowest BCUT2D eigenvalue weighted by molar-refractivity contribution is -0.138. The highest BCUT2D eigenvalue weighted by Crippen LogP contribution is 2.33. The van der Waals surface area contributed by atoms with Gasteiger partial charge in [0.2, 0.25) is 5.91 Å². The summed E-state index contributed by atoms with van der Waals surface area (Å²) in [5.41, 5.74) is 6.44. The standard InChI is InChI=1S/C19H24N4O2S/c20-19(25)23-10-4-6-14(12-23)18(24)22-9-3-5-13(11-22)17-21-15-7-1-2-8-16(15)26-17/h1-2,7-8,13-14H,3-6,9-12H2,(H2,20,25)/t13-,14-/m1/s1. The Labute approximate surface area is 157 Å². The number of carbonyl (C=O) groups excluding carboxylic acids is 2. The number of thiazole rings is 1. The molecule has 138 valence electrons.